The minimum absolute atomic E-state index is 0.192. The molecular weight excluding hydrogens is 651 g/mol. The van der Waals surface area contributed by atoms with Gasteiger partial charge in [0, 0.05) is 12.8 Å². The summed E-state index contributed by atoms with van der Waals surface area (Å²) in [5.41, 5.74) is 0. The molecule has 0 aliphatic rings. The van der Waals surface area contributed by atoms with Gasteiger partial charge < -0.3 is 19.3 Å². The smallest absolute Gasteiger partial charge is 0.462 e. The zero-order valence-electron chi connectivity index (χ0n) is 31.8. The van der Waals surface area contributed by atoms with E-state index in [-0.39, 0.29) is 19.4 Å². The molecule has 9 heteroatoms. The number of phosphoric acid groups is 1. The monoisotopic (exact) mass is 725 g/mol. The molecule has 0 unspecified atom stereocenters. The lowest BCUT2D eigenvalue weighted by Crippen LogP contribution is -2.29. The zero-order chi connectivity index (χ0) is 36.8. The largest absolute Gasteiger partial charge is 0.469 e. The number of hydrogen-bond acceptors (Lipinski definition) is 6. The molecule has 0 aliphatic carbocycles. The van der Waals surface area contributed by atoms with Gasteiger partial charge in [0.1, 0.15) is 6.61 Å². The minimum atomic E-state index is -4.76. The second-order valence-electron chi connectivity index (χ2n) is 13.3. The van der Waals surface area contributed by atoms with Crippen molar-refractivity contribution in [1.29, 1.82) is 0 Å². The second kappa shape index (κ2) is 36.8. The van der Waals surface area contributed by atoms with Gasteiger partial charge in [0.15, 0.2) is 6.10 Å². The third kappa shape index (κ3) is 38.8. The number of rotatable bonds is 36. The Bertz CT molecular complexity index is 952. The molecule has 0 bridgehead atoms. The first-order valence-corrected chi connectivity index (χ1v) is 21.5. The van der Waals surface area contributed by atoms with Crippen LogP contribution in [0.3, 0.4) is 0 Å². The first-order chi connectivity index (χ1) is 24.3. The highest BCUT2D eigenvalue weighted by molar-refractivity contribution is 7.46. The summed E-state index contributed by atoms with van der Waals surface area (Å²) in [4.78, 5) is 42.7. The van der Waals surface area contributed by atoms with Gasteiger partial charge >= 0.3 is 19.8 Å². The topological polar surface area (TPSA) is 119 Å². The Hall–Kier alpha value is -1.99. The van der Waals surface area contributed by atoms with Crippen LogP contribution >= 0.6 is 7.82 Å². The van der Waals surface area contributed by atoms with Crippen molar-refractivity contribution in [2.24, 2.45) is 0 Å². The molecule has 2 N–H and O–H groups in total. The summed E-state index contributed by atoms with van der Waals surface area (Å²) in [7, 11) is -4.76. The molecular formula is C41H73O8P. The summed E-state index contributed by atoms with van der Waals surface area (Å²) in [5, 5.41) is 0. The van der Waals surface area contributed by atoms with Gasteiger partial charge in [0.05, 0.1) is 6.61 Å². The first-order valence-electron chi connectivity index (χ1n) is 19.9. The quantitative estimate of drug-likeness (QED) is 0.0284. The van der Waals surface area contributed by atoms with Crippen molar-refractivity contribution >= 4 is 19.8 Å². The molecule has 0 rings (SSSR count). The molecule has 0 fully saturated rings. The van der Waals surface area contributed by atoms with Crippen LogP contribution in [-0.2, 0) is 28.2 Å². The lowest BCUT2D eigenvalue weighted by Gasteiger charge is -2.18. The summed E-state index contributed by atoms with van der Waals surface area (Å²) in [5.74, 6) is -0.951. The lowest BCUT2D eigenvalue weighted by molar-refractivity contribution is -0.161. The molecule has 0 aromatic rings. The van der Waals surface area contributed by atoms with Crippen LogP contribution in [0.25, 0.3) is 0 Å². The minimum Gasteiger partial charge on any atom is -0.462 e. The molecule has 1 atom stereocenters. The van der Waals surface area contributed by atoms with Gasteiger partial charge in [-0.25, -0.2) is 4.57 Å². The Balaban J connectivity index is 4.02. The van der Waals surface area contributed by atoms with E-state index in [1.54, 1.807) is 0 Å². The second-order valence-corrected chi connectivity index (χ2v) is 14.5. The van der Waals surface area contributed by atoms with Gasteiger partial charge in [0.2, 0.25) is 0 Å². The van der Waals surface area contributed by atoms with Gasteiger partial charge in [-0.3, -0.25) is 14.1 Å². The van der Waals surface area contributed by atoms with E-state index in [1.807, 2.05) is 6.08 Å². The molecule has 290 valence electrons. The Labute approximate surface area is 305 Å². The SMILES string of the molecule is CCCCCCCCC/C=C/C/C=C/C/C=C/C/C=C/CCCC(=O)OC[C@H](COP(=O)(O)O)OC(=O)CCCCCCCCCCCCC. The highest BCUT2D eigenvalue weighted by Gasteiger charge is 2.22. The number of ether oxygens (including phenoxy) is 2. The molecule has 0 radical (unpaired) electrons. The van der Waals surface area contributed by atoms with Gasteiger partial charge in [-0.2, -0.15) is 0 Å². The molecule has 0 aliphatic heterocycles. The predicted molar refractivity (Wildman–Crippen MR) is 207 cm³/mol. The summed E-state index contributed by atoms with van der Waals surface area (Å²) >= 11 is 0. The molecule has 8 nitrogen and oxygen atoms in total. The number of allylic oxidation sites excluding steroid dienone is 8. The Morgan fingerprint density at radius 1 is 0.520 bits per heavy atom. The van der Waals surface area contributed by atoms with Crippen LogP contribution in [-0.4, -0.2) is 41.0 Å². The van der Waals surface area contributed by atoms with E-state index < -0.39 is 32.5 Å². The van der Waals surface area contributed by atoms with Crippen molar-refractivity contribution in [3.8, 4) is 0 Å². The zero-order valence-corrected chi connectivity index (χ0v) is 32.7. The normalized spacial score (nSPS) is 13.0. The Morgan fingerprint density at radius 2 is 0.920 bits per heavy atom. The Morgan fingerprint density at radius 3 is 1.40 bits per heavy atom. The van der Waals surface area contributed by atoms with Crippen molar-refractivity contribution in [2.45, 2.75) is 187 Å². The van der Waals surface area contributed by atoms with E-state index in [9.17, 15) is 14.2 Å². The third-order valence-electron chi connectivity index (χ3n) is 8.35. The number of hydrogen-bond donors (Lipinski definition) is 2. The van der Waals surface area contributed by atoms with Crippen molar-refractivity contribution in [3.63, 3.8) is 0 Å². The predicted octanol–water partition coefficient (Wildman–Crippen LogP) is 12.0. The van der Waals surface area contributed by atoms with E-state index in [1.165, 1.54) is 96.3 Å². The highest BCUT2D eigenvalue weighted by Crippen LogP contribution is 2.36. The van der Waals surface area contributed by atoms with Crippen molar-refractivity contribution in [3.05, 3.63) is 48.6 Å². The first kappa shape index (κ1) is 48.0. The number of carbonyl (C=O) groups excluding carboxylic acids is 2. The van der Waals surface area contributed by atoms with E-state index in [2.05, 4.69) is 60.9 Å². The van der Waals surface area contributed by atoms with Crippen LogP contribution in [0.2, 0.25) is 0 Å². The van der Waals surface area contributed by atoms with Gasteiger partial charge in [-0.1, -0.05) is 165 Å². The summed E-state index contributed by atoms with van der Waals surface area (Å²) in [6, 6.07) is 0. The summed E-state index contributed by atoms with van der Waals surface area (Å²) < 4.78 is 26.2. The van der Waals surface area contributed by atoms with E-state index >= 15 is 0 Å². The molecule has 0 saturated carbocycles. The number of carbonyl (C=O) groups is 2. The third-order valence-corrected chi connectivity index (χ3v) is 8.84. The number of unbranched alkanes of at least 4 members (excludes halogenated alkanes) is 18. The van der Waals surface area contributed by atoms with E-state index in [4.69, 9.17) is 19.3 Å². The highest BCUT2D eigenvalue weighted by atomic mass is 31.2. The fraction of sp³-hybridized carbons (Fsp3) is 0.756. The van der Waals surface area contributed by atoms with Crippen LogP contribution < -0.4 is 0 Å². The maximum Gasteiger partial charge on any atom is 0.469 e. The van der Waals surface area contributed by atoms with Gasteiger partial charge in [-0.05, 0) is 51.4 Å². The molecule has 0 amide bonds. The van der Waals surface area contributed by atoms with Crippen LogP contribution in [0, 0.1) is 0 Å². The van der Waals surface area contributed by atoms with Crippen molar-refractivity contribution < 1.29 is 37.9 Å². The molecule has 0 aromatic heterocycles. The molecule has 0 heterocycles. The number of esters is 2. The average Bonchev–Trinajstić information content (AvgIpc) is 3.08. The Kier molecular flexibility index (Phi) is 35.3. The maximum absolute atomic E-state index is 12.3. The molecule has 0 aromatic carbocycles. The lowest BCUT2D eigenvalue weighted by atomic mass is 10.1. The molecule has 0 saturated heterocycles. The standard InChI is InChI=1S/C41H73O8P/c1-3-5-7-9-11-13-15-16-17-18-19-20-21-22-23-24-26-27-29-31-33-35-40(42)47-37-39(38-48-50(44,45)46)49-41(43)36-34-32-30-28-25-14-12-10-8-6-4-2/h17-18,20-21,23-24,27,29,39H,3-16,19,22,25-26,28,30-38H2,1-2H3,(H2,44,45,46)/b18-17+,21-20+,24-23+,29-27+/t39-/m1/s1. The van der Waals surface area contributed by atoms with Crippen LogP contribution in [0.4, 0.5) is 0 Å². The van der Waals surface area contributed by atoms with E-state index in [0.717, 1.165) is 44.9 Å². The van der Waals surface area contributed by atoms with Crippen LogP contribution in [0.15, 0.2) is 48.6 Å². The average molecular weight is 725 g/mol. The maximum atomic E-state index is 12.3. The fourth-order valence-corrected chi connectivity index (χ4v) is 5.73. The van der Waals surface area contributed by atoms with Gasteiger partial charge in [0.25, 0.3) is 0 Å². The molecule has 50 heavy (non-hydrogen) atoms. The van der Waals surface area contributed by atoms with Gasteiger partial charge in [-0.15, -0.1) is 0 Å². The van der Waals surface area contributed by atoms with Crippen LogP contribution in [0.5, 0.6) is 0 Å². The summed E-state index contributed by atoms with van der Waals surface area (Å²) in [6.45, 7) is 3.62. The van der Waals surface area contributed by atoms with Crippen LogP contribution in [0.1, 0.15) is 181 Å². The van der Waals surface area contributed by atoms with E-state index in [0.29, 0.717) is 12.8 Å². The number of phosphoric ester groups is 1. The molecule has 0 spiro atoms. The van der Waals surface area contributed by atoms with Crippen molar-refractivity contribution in [1.82, 2.24) is 0 Å². The van der Waals surface area contributed by atoms with Crippen molar-refractivity contribution in [2.75, 3.05) is 13.2 Å². The fourth-order valence-electron chi connectivity index (χ4n) is 5.37. The summed E-state index contributed by atoms with van der Waals surface area (Å²) in [6.07, 6.45) is 44.2.